The number of amides is 1. The van der Waals surface area contributed by atoms with Crippen LogP contribution in [0.15, 0.2) is 42.5 Å². The zero-order valence-corrected chi connectivity index (χ0v) is 18.1. The van der Waals surface area contributed by atoms with E-state index in [4.69, 9.17) is 21.7 Å². The van der Waals surface area contributed by atoms with Crippen LogP contribution in [0.5, 0.6) is 11.5 Å². The predicted octanol–water partition coefficient (Wildman–Crippen LogP) is 4.99. The molecule has 8 heteroatoms. The van der Waals surface area contributed by atoms with Crippen molar-refractivity contribution in [2.45, 2.75) is 51.4 Å². The summed E-state index contributed by atoms with van der Waals surface area (Å²) in [4.78, 5) is 12.8. The summed E-state index contributed by atoms with van der Waals surface area (Å²) in [6, 6.07) is 13.5. The van der Waals surface area contributed by atoms with E-state index in [0.29, 0.717) is 22.0 Å². The Morgan fingerprint density at radius 3 is 2.65 bits per heavy atom. The molecule has 1 saturated carbocycles. The summed E-state index contributed by atoms with van der Waals surface area (Å²) in [6.07, 6.45) is 5.21. The number of ether oxygens (including phenoxy) is 2. The van der Waals surface area contributed by atoms with Crippen molar-refractivity contribution in [2.24, 2.45) is 0 Å². The summed E-state index contributed by atoms with van der Waals surface area (Å²) in [5.74, 6) is 1.32. The van der Waals surface area contributed by atoms with E-state index in [1.807, 2.05) is 49.4 Å². The molecule has 0 radical (unpaired) electrons. The van der Waals surface area contributed by atoms with Gasteiger partial charge in [0.15, 0.2) is 22.1 Å². The maximum atomic E-state index is 12.8. The van der Waals surface area contributed by atoms with Crippen LogP contribution in [-0.4, -0.2) is 26.5 Å². The Kier molecular flexibility index (Phi) is 5.02. The van der Waals surface area contributed by atoms with Crippen LogP contribution < -0.4 is 14.8 Å². The van der Waals surface area contributed by atoms with Crippen LogP contribution in [0.4, 0.5) is 5.69 Å². The SMILES string of the molecule is Cc1ccc(-c2n[nH]c(=S)n2CC(=O)Nc2ccc3c(c2)OC2(CCCCC2)O3)cc1. The largest absolute Gasteiger partial charge is 0.448 e. The van der Waals surface area contributed by atoms with Gasteiger partial charge in [-0.3, -0.25) is 14.5 Å². The van der Waals surface area contributed by atoms with Crippen molar-refractivity contribution in [1.29, 1.82) is 0 Å². The number of carbonyl (C=O) groups is 1. The Hall–Kier alpha value is -3.13. The molecule has 5 rings (SSSR count). The number of fused-ring (bicyclic) bond motifs is 1. The van der Waals surface area contributed by atoms with Crippen LogP contribution in [0, 0.1) is 11.7 Å². The van der Waals surface area contributed by atoms with Crippen molar-refractivity contribution in [3.63, 3.8) is 0 Å². The van der Waals surface area contributed by atoms with E-state index in [9.17, 15) is 4.79 Å². The molecule has 160 valence electrons. The third-order valence-electron chi connectivity index (χ3n) is 5.80. The van der Waals surface area contributed by atoms with Gasteiger partial charge < -0.3 is 14.8 Å². The molecule has 2 heterocycles. The van der Waals surface area contributed by atoms with E-state index in [2.05, 4.69) is 15.5 Å². The van der Waals surface area contributed by atoms with Crippen molar-refractivity contribution >= 4 is 23.8 Å². The number of H-pyrrole nitrogens is 1. The average Bonchev–Trinajstić information content (AvgIpc) is 3.29. The van der Waals surface area contributed by atoms with Crippen LogP contribution >= 0.6 is 12.2 Å². The minimum atomic E-state index is -0.532. The molecule has 31 heavy (non-hydrogen) atoms. The molecule has 1 spiro atoms. The summed E-state index contributed by atoms with van der Waals surface area (Å²) < 4.78 is 14.4. The van der Waals surface area contributed by atoms with E-state index in [1.54, 1.807) is 4.57 Å². The van der Waals surface area contributed by atoms with E-state index >= 15 is 0 Å². The Balaban J connectivity index is 1.31. The van der Waals surface area contributed by atoms with E-state index in [0.717, 1.165) is 42.6 Å². The summed E-state index contributed by atoms with van der Waals surface area (Å²) >= 11 is 5.34. The number of anilines is 1. The number of rotatable bonds is 4. The van der Waals surface area contributed by atoms with E-state index in [-0.39, 0.29) is 12.5 Å². The van der Waals surface area contributed by atoms with Crippen molar-refractivity contribution in [1.82, 2.24) is 14.8 Å². The van der Waals surface area contributed by atoms with Gasteiger partial charge in [0, 0.05) is 30.2 Å². The van der Waals surface area contributed by atoms with Gasteiger partial charge in [0.2, 0.25) is 5.91 Å². The maximum absolute atomic E-state index is 12.8. The molecule has 1 aliphatic heterocycles. The molecular formula is C23H24N4O3S. The second kappa shape index (κ2) is 7.85. The highest BCUT2D eigenvalue weighted by atomic mass is 32.1. The molecule has 2 aromatic carbocycles. The summed E-state index contributed by atoms with van der Waals surface area (Å²) in [5, 5.41) is 10.0. The van der Waals surface area contributed by atoms with Crippen LogP contribution in [-0.2, 0) is 11.3 Å². The van der Waals surface area contributed by atoms with Crippen molar-refractivity contribution in [3.8, 4) is 22.9 Å². The van der Waals surface area contributed by atoms with Crippen molar-refractivity contribution < 1.29 is 14.3 Å². The van der Waals surface area contributed by atoms with Gasteiger partial charge in [0.1, 0.15) is 6.54 Å². The smallest absolute Gasteiger partial charge is 0.251 e. The minimum absolute atomic E-state index is 0.0525. The van der Waals surface area contributed by atoms with Crippen molar-refractivity contribution in [2.75, 3.05) is 5.32 Å². The van der Waals surface area contributed by atoms with Crippen LogP contribution in [0.3, 0.4) is 0 Å². The Morgan fingerprint density at radius 1 is 1.13 bits per heavy atom. The fraction of sp³-hybridized carbons (Fsp3) is 0.348. The van der Waals surface area contributed by atoms with Gasteiger partial charge in [-0.2, -0.15) is 5.10 Å². The lowest BCUT2D eigenvalue weighted by atomic mass is 9.94. The lowest BCUT2D eigenvalue weighted by Crippen LogP contribution is -2.40. The lowest BCUT2D eigenvalue weighted by Gasteiger charge is -2.31. The molecule has 2 aliphatic rings. The Morgan fingerprint density at radius 2 is 1.87 bits per heavy atom. The molecule has 0 saturated heterocycles. The number of nitrogens with zero attached hydrogens (tertiary/aromatic N) is 2. The number of aromatic nitrogens is 3. The minimum Gasteiger partial charge on any atom is -0.448 e. The fourth-order valence-corrected chi connectivity index (χ4v) is 4.39. The number of aromatic amines is 1. The van der Waals surface area contributed by atoms with E-state index < -0.39 is 5.79 Å². The predicted molar refractivity (Wildman–Crippen MR) is 120 cm³/mol. The van der Waals surface area contributed by atoms with Gasteiger partial charge in [0.25, 0.3) is 5.79 Å². The average molecular weight is 437 g/mol. The quantitative estimate of drug-likeness (QED) is 0.564. The van der Waals surface area contributed by atoms with Gasteiger partial charge in [-0.1, -0.05) is 36.2 Å². The highest BCUT2D eigenvalue weighted by molar-refractivity contribution is 7.71. The summed E-state index contributed by atoms with van der Waals surface area (Å²) in [7, 11) is 0. The van der Waals surface area contributed by atoms with Gasteiger partial charge in [-0.15, -0.1) is 0 Å². The fourth-order valence-electron chi connectivity index (χ4n) is 4.20. The normalized spacial score (nSPS) is 16.4. The molecule has 3 aromatic rings. The zero-order valence-electron chi connectivity index (χ0n) is 17.3. The molecule has 1 aliphatic carbocycles. The van der Waals surface area contributed by atoms with Gasteiger partial charge >= 0.3 is 0 Å². The molecule has 2 N–H and O–H groups in total. The molecular weight excluding hydrogens is 412 g/mol. The van der Waals surface area contributed by atoms with Gasteiger partial charge in [-0.25, -0.2) is 0 Å². The van der Waals surface area contributed by atoms with Crippen LogP contribution in [0.25, 0.3) is 11.4 Å². The van der Waals surface area contributed by atoms with Crippen LogP contribution in [0.2, 0.25) is 0 Å². The highest BCUT2D eigenvalue weighted by Crippen LogP contribution is 2.46. The van der Waals surface area contributed by atoms with Crippen LogP contribution in [0.1, 0.15) is 37.7 Å². The van der Waals surface area contributed by atoms with Crippen molar-refractivity contribution in [3.05, 3.63) is 52.8 Å². The molecule has 1 amide bonds. The first-order chi connectivity index (χ1) is 15.0. The number of aryl methyl sites for hydroxylation is 1. The second-order valence-corrected chi connectivity index (χ2v) is 8.58. The number of benzene rings is 2. The topological polar surface area (TPSA) is 81.2 Å². The summed E-state index contributed by atoms with van der Waals surface area (Å²) in [5.41, 5.74) is 2.71. The number of hydrogen-bond donors (Lipinski definition) is 2. The molecule has 0 unspecified atom stereocenters. The monoisotopic (exact) mass is 436 g/mol. The third-order valence-corrected chi connectivity index (χ3v) is 6.12. The molecule has 1 aromatic heterocycles. The first-order valence-electron chi connectivity index (χ1n) is 10.6. The summed E-state index contributed by atoms with van der Waals surface area (Å²) in [6.45, 7) is 2.08. The van der Waals surface area contributed by atoms with E-state index in [1.165, 1.54) is 6.42 Å². The second-order valence-electron chi connectivity index (χ2n) is 8.19. The Bertz CT molecular complexity index is 1180. The lowest BCUT2D eigenvalue weighted by molar-refractivity contribution is -0.116. The standard InChI is InChI=1S/C23H24N4O3S/c1-15-5-7-16(8-6-15)21-25-26-22(31)27(21)14-20(28)24-17-9-10-18-19(13-17)30-23(29-18)11-3-2-4-12-23/h5-10,13H,2-4,11-12,14H2,1H3,(H,24,28)(H,26,31). The molecule has 7 nitrogen and oxygen atoms in total. The maximum Gasteiger partial charge on any atom is 0.251 e. The van der Waals surface area contributed by atoms with Gasteiger partial charge in [-0.05, 0) is 44.1 Å². The Labute approximate surface area is 185 Å². The first-order valence-corrected chi connectivity index (χ1v) is 11.0. The molecule has 1 fully saturated rings. The molecule has 0 atom stereocenters. The number of nitrogens with one attached hydrogen (secondary N) is 2. The highest BCUT2D eigenvalue weighted by Gasteiger charge is 2.42. The molecule has 0 bridgehead atoms. The number of carbonyl (C=O) groups excluding carboxylic acids is 1. The van der Waals surface area contributed by atoms with Gasteiger partial charge in [0.05, 0.1) is 0 Å². The first kappa shape index (κ1) is 19.8. The number of hydrogen-bond acceptors (Lipinski definition) is 5. The third kappa shape index (κ3) is 3.95. The zero-order chi connectivity index (χ0) is 21.4.